The molecule has 0 spiro atoms. The Morgan fingerprint density at radius 3 is 2.47 bits per heavy atom. The van der Waals surface area contributed by atoms with Crippen molar-refractivity contribution in [2.45, 2.75) is 39.7 Å². The molecule has 1 aromatic heterocycles. The average molecular weight is 347 g/mol. The number of carbonyl (C=O) groups excluding carboxylic acids is 1. The fourth-order valence-corrected chi connectivity index (χ4v) is 2.59. The van der Waals surface area contributed by atoms with E-state index in [0.29, 0.717) is 6.54 Å². The van der Waals surface area contributed by atoms with Crippen LogP contribution in [-0.2, 0) is 11.3 Å². The van der Waals surface area contributed by atoms with Gasteiger partial charge in [-0.15, -0.1) is 0 Å². The molecule has 17 heavy (non-hydrogen) atoms. The Balaban J connectivity index is 2.04. The second-order valence-corrected chi connectivity index (χ2v) is 5.66. The van der Waals surface area contributed by atoms with Gasteiger partial charge in [0, 0.05) is 18.8 Å². The van der Waals surface area contributed by atoms with Crippen LogP contribution >= 0.6 is 22.6 Å². The van der Waals surface area contributed by atoms with E-state index in [4.69, 9.17) is 0 Å². The van der Waals surface area contributed by atoms with Crippen LogP contribution in [0, 0.1) is 17.4 Å². The van der Waals surface area contributed by atoms with E-state index in [1.54, 1.807) is 0 Å². The lowest BCUT2D eigenvalue weighted by molar-refractivity contribution is -0.132. The van der Waals surface area contributed by atoms with Gasteiger partial charge >= 0.3 is 0 Å². The molecule has 1 amide bonds. The Kier molecular flexibility index (Phi) is 4.06. The smallest absolute Gasteiger partial charge is 0.244 e. The Morgan fingerprint density at radius 1 is 1.29 bits per heavy atom. The zero-order valence-electron chi connectivity index (χ0n) is 10.4. The van der Waals surface area contributed by atoms with Gasteiger partial charge in [-0.2, -0.15) is 5.10 Å². The lowest BCUT2D eigenvalue weighted by Crippen LogP contribution is -2.38. The maximum absolute atomic E-state index is 12.1. The fraction of sp³-hybridized carbons (Fsp3) is 0.667. The maximum Gasteiger partial charge on any atom is 0.244 e. The van der Waals surface area contributed by atoms with Gasteiger partial charge in [-0.3, -0.25) is 9.48 Å². The molecule has 2 heterocycles. The number of nitrogens with zero attached hydrogens (tertiary/aromatic N) is 3. The number of hydrogen-bond donors (Lipinski definition) is 0. The van der Waals surface area contributed by atoms with Gasteiger partial charge in [0.25, 0.3) is 0 Å². The standard InChI is InChI=1S/C12H18IN3O/c1-9-12(13)10(2)16(14-9)8-11(17)15-6-4-3-5-7-15/h3-8H2,1-2H3. The van der Waals surface area contributed by atoms with E-state index in [-0.39, 0.29) is 5.91 Å². The molecule has 5 heteroatoms. The molecule has 0 bridgehead atoms. The molecule has 0 atom stereocenters. The van der Waals surface area contributed by atoms with E-state index >= 15 is 0 Å². The highest BCUT2D eigenvalue weighted by atomic mass is 127. The van der Waals surface area contributed by atoms with Gasteiger partial charge in [-0.25, -0.2) is 0 Å². The van der Waals surface area contributed by atoms with Crippen LogP contribution in [0.15, 0.2) is 0 Å². The Hall–Kier alpha value is -0.590. The minimum Gasteiger partial charge on any atom is -0.341 e. The van der Waals surface area contributed by atoms with E-state index in [1.807, 2.05) is 23.4 Å². The Morgan fingerprint density at radius 2 is 1.94 bits per heavy atom. The molecule has 0 aliphatic carbocycles. The van der Waals surface area contributed by atoms with Crippen molar-refractivity contribution >= 4 is 28.5 Å². The van der Waals surface area contributed by atoms with Crippen LogP contribution in [-0.4, -0.2) is 33.7 Å². The summed E-state index contributed by atoms with van der Waals surface area (Å²) in [5.74, 6) is 0.201. The zero-order valence-corrected chi connectivity index (χ0v) is 12.5. The minimum atomic E-state index is 0.201. The predicted octanol–water partition coefficient (Wildman–Crippen LogP) is 2.12. The summed E-state index contributed by atoms with van der Waals surface area (Å²) >= 11 is 2.28. The summed E-state index contributed by atoms with van der Waals surface area (Å²) in [6, 6.07) is 0. The highest BCUT2D eigenvalue weighted by Crippen LogP contribution is 2.16. The first-order valence-electron chi connectivity index (χ1n) is 6.07. The van der Waals surface area contributed by atoms with Gasteiger partial charge in [0.15, 0.2) is 0 Å². The van der Waals surface area contributed by atoms with Crippen molar-refractivity contribution in [2.75, 3.05) is 13.1 Å². The van der Waals surface area contributed by atoms with E-state index in [9.17, 15) is 4.79 Å². The molecule has 0 radical (unpaired) electrons. The lowest BCUT2D eigenvalue weighted by atomic mass is 10.1. The Bertz CT molecular complexity index is 422. The summed E-state index contributed by atoms with van der Waals surface area (Å²) in [7, 11) is 0. The van der Waals surface area contributed by atoms with Crippen LogP contribution in [0.2, 0.25) is 0 Å². The summed E-state index contributed by atoms with van der Waals surface area (Å²) in [6.45, 7) is 6.21. The molecule has 0 unspecified atom stereocenters. The molecule has 0 N–H and O–H groups in total. The topological polar surface area (TPSA) is 38.1 Å². The molecule has 0 aromatic carbocycles. The monoisotopic (exact) mass is 347 g/mol. The highest BCUT2D eigenvalue weighted by molar-refractivity contribution is 14.1. The number of aromatic nitrogens is 2. The summed E-state index contributed by atoms with van der Waals surface area (Å²) < 4.78 is 2.99. The van der Waals surface area contributed by atoms with Crippen molar-refractivity contribution in [3.8, 4) is 0 Å². The number of hydrogen-bond acceptors (Lipinski definition) is 2. The second kappa shape index (κ2) is 5.37. The van der Waals surface area contributed by atoms with Gasteiger partial charge < -0.3 is 4.90 Å². The van der Waals surface area contributed by atoms with Crippen molar-refractivity contribution < 1.29 is 4.79 Å². The van der Waals surface area contributed by atoms with Crippen molar-refractivity contribution in [3.05, 3.63) is 15.0 Å². The third-order valence-corrected chi connectivity index (χ3v) is 4.85. The molecule has 0 saturated carbocycles. The molecule has 1 aromatic rings. The molecule has 2 rings (SSSR count). The molecule has 1 saturated heterocycles. The van der Waals surface area contributed by atoms with Crippen LogP contribution in [0.5, 0.6) is 0 Å². The maximum atomic E-state index is 12.1. The third kappa shape index (κ3) is 2.81. The van der Waals surface area contributed by atoms with Crippen LogP contribution < -0.4 is 0 Å². The number of rotatable bonds is 2. The quantitative estimate of drug-likeness (QED) is 0.769. The average Bonchev–Trinajstić information content (AvgIpc) is 2.58. The summed E-state index contributed by atoms with van der Waals surface area (Å²) in [5.41, 5.74) is 2.10. The molecule has 1 fully saturated rings. The van der Waals surface area contributed by atoms with E-state index < -0.39 is 0 Å². The van der Waals surface area contributed by atoms with E-state index in [0.717, 1.165) is 40.9 Å². The van der Waals surface area contributed by atoms with Crippen LogP contribution in [0.4, 0.5) is 0 Å². The van der Waals surface area contributed by atoms with Crippen molar-refractivity contribution in [2.24, 2.45) is 0 Å². The number of piperidine rings is 1. The van der Waals surface area contributed by atoms with Crippen LogP contribution in [0.25, 0.3) is 0 Å². The predicted molar refractivity (Wildman–Crippen MR) is 74.8 cm³/mol. The van der Waals surface area contributed by atoms with Gasteiger partial charge in [0.2, 0.25) is 5.91 Å². The van der Waals surface area contributed by atoms with Gasteiger partial charge in [-0.05, 0) is 55.7 Å². The number of halogens is 1. The molecular formula is C12H18IN3O. The number of amides is 1. The largest absolute Gasteiger partial charge is 0.341 e. The van der Waals surface area contributed by atoms with Crippen molar-refractivity contribution in [1.82, 2.24) is 14.7 Å². The van der Waals surface area contributed by atoms with Crippen molar-refractivity contribution in [1.29, 1.82) is 0 Å². The van der Waals surface area contributed by atoms with E-state index in [2.05, 4.69) is 27.7 Å². The van der Waals surface area contributed by atoms with Crippen molar-refractivity contribution in [3.63, 3.8) is 0 Å². The first kappa shape index (κ1) is 12.9. The van der Waals surface area contributed by atoms with Gasteiger partial charge in [0.1, 0.15) is 6.54 Å². The third-order valence-electron chi connectivity index (χ3n) is 3.29. The van der Waals surface area contributed by atoms with Crippen LogP contribution in [0.1, 0.15) is 30.7 Å². The summed E-state index contributed by atoms with van der Waals surface area (Å²) in [5, 5.41) is 4.41. The van der Waals surface area contributed by atoms with Gasteiger partial charge in [0.05, 0.1) is 9.26 Å². The number of aryl methyl sites for hydroxylation is 1. The summed E-state index contributed by atoms with van der Waals surface area (Å²) in [6.07, 6.45) is 3.53. The van der Waals surface area contributed by atoms with E-state index in [1.165, 1.54) is 6.42 Å². The second-order valence-electron chi connectivity index (χ2n) is 4.58. The molecule has 94 valence electrons. The SMILES string of the molecule is Cc1nn(CC(=O)N2CCCCC2)c(C)c1I. The Labute approximate surface area is 116 Å². The highest BCUT2D eigenvalue weighted by Gasteiger charge is 2.18. The lowest BCUT2D eigenvalue weighted by Gasteiger charge is -2.26. The molecule has 1 aliphatic rings. The number of carbonyl (C=O) groups is 1. The van der Waals surface area contributed by atoms with Gasteiger partial charge in [-0.1, -0.05) is 0 Å². The van der Waals surface area contributed by atoms with Crippen LogP contribution in [0.3, 0.4) is 0 Å². The fourth-order valence-electron chi connectivity index (χ4n) is 2.20. The zero-order chi connectivity index (χ0) is 12.4. The first-order valence-corrected chi connectivity index (χ1v) is 7.14. The molecule has 4 nitrogen and oxygen atoms in total. The minimum absolute atomic E-state index is 0.201. The summed E-state index contributed by atoms with van der Waals surface area (Å²) in [4.78, 5) is 14.1. The molecular weight excluding hydrogens is 329 g/mol. The first-order chi connectivity index (χ1) is 8.09. The number of likely N-dealkylation sites (tertiary alicyclic amines) is 1. The molecule has 1 aliphatic heterocycles. The normalized spacial score (nSPS) is 16.3.